The van der Waals surface area contributed by atoms with Crippen molar-refractivity contribution in [2.75, 3.05) is 18.5 Å². The van der Waals surface area contributed by atoms with Gasteiger partial charge in [0.25, 0.3) is 0 Å². The largest absolute Gasteiger partial charge is 0.550 e. The molecule has 1 amide bonds. The first-order valence-electron chi connectivity index (χ1n) is 8.02. The molecule has 0 unspecified atom stereocenters. The number of carboxylic acids is 1. The minimum absolute atomic E-state index is 0.312. The van der Waals surface area contributed by atoms with Crippen LogP contribution < -0.4 is 19.9 Å². The number of carbonyl (C=O) groups excluding carboxylic acids is 2. The Morgan fingerprint density at radius 3 is 2.33 bits per heavy atom. The number of ether oxygens (including phenoxy) is 2. The summed E-state index contributed by atoms with van der Waals surface area (Å²) in [6.07, 6.45) is 0.786. The van der Waals surface area contributed by atoms with Gasteiger partial charge in [-0.3, -0.25) is 4.79 Å². The third-order valence-corrected chi connectivity index (χ3v) is 4.72. The van der Waals surface area contributed by atoms with Crippen LogP contribution in [0.4, 0.5) is 5.69 Å². The summed E-state index contributed by atoms with van der Waals surface area (Å²) in [5.41, 5.74) is 2.65. The van der Waals surface area contributed by atoms with Crippen molar-refractivity contribution in [2.24, 2.45) is 11.8 Å². The standard InChI is InChI=1S/C18H21NO5/c1-10-7-13(14(18(21)22)8-11(10)2)17(20)19-12-3-4-15-16(9-12)24-6-5-23-15/h3-4,9,13-14H,5-8H2,1-2H3,(H,19,20)(H,21,22)/p-1/t13-,14+/m0/s1. The summed E-state index contributed by atoms with van der Waals surface area (Å²) in [7, 11) is 0. The summed E-state index contributed by atoms with van der Waals surface area (Å²) in [6.45, 7) is 4.80. The van der Waals surface area contributed by atoms with Crippen molar-refractivity contribution in [1.29, 1.82) is 0 Å². The monoisotopic (exact) mass is 330 g/mol. The minimum Gasteiger partial charge on any atom is -0.550 e. The number of fused-ring (bicyclic) bond motifs is 1. The van der Waals surface area contributed by atoms with Gasteiger partial charge in [0.05, 0.1) is 5.92 Å². The van der Waals surface area contributed by atoms with Gasteiger partial charge in [0.1, 0.15) is 13.2 Å². The number of amides is 1. The second kappa shape index (κ2) is 6.55. The highest BCUT2D eigenvalue weighted by Crippen LogP contribution is 2.36. The first kappa shape index (κ1) is 16.4. The van der Waals surface area contributed by atoms with E-state index in [1.54, 1.807) is 18.2 Å². The Morgan fingerprint density at radius 2 is 1.67 bits per heavy atom. The zero-order valence-corrected chi connectivity index (χ0v) is 13.8. The molecule has 0 spiro atoms. The first-order chi connectivity index (χ1) is 11.5. The highest BCUT2D eigenvalue weighted by Gasteiger charge is 2.33. The predicted octanol–water partition coefficient (Wildman–Crippen LogP) is 1.51. The third kappa shape index (κ3) is 3.22. The Morgan fingerprint density at radius 1 is 1.04 bits per heavy atom. The number of anilines is 1. The van der Waals surface area contributed by atoms with Gasteiger partial charge in [0.15, 0.2) is 11.5 Å². The number of carbonyl (C=O) groups is 2. The summed E-state index contributed by atoms with van der Waals surface area (Å²) < 4.78 is 10.9. The van der Waals surface area contributed by atoms with E-state index in [2.05, 4.69) is 5.32 Å². The number of allylic oxidation sites excluding steroid dienone is 2. The van der Waals surface area contributed by atoms with E-state index in [4.69, 9.17) is 9.47 Å². The van der Waals surface area contributed by atoms with E-state index in [0.29, 0.717) is 43.2 Å². The van der Waals surface area contributed by atoms with Gasteiger partial charge in [-0.1, -0.05) is 11.1 Å². The van der Waals surface area contributed by atoms with Crippen molar-refractivity contribution in [3.63, 3.8) is 0 Å². The zero-order chi connectivity index (χ0) is 17.3. The fraction of sp³-hybridized carbons (Fsp3) is 0.444. The first-order valence-corrected chi connectivity index (χ1v) is 8.02. The molecule has 1 aliphatic carbocycles. The van der Waals surface area contributed by atoms with Crippen molar-refractivity contribution in [3.8, 4) is 11.5 Å². The lowest BCUT2D eigenvalue weighted by Crippen LogP contribution is -2.42. The van der Waals surface area contributed by atoms with E-state index in [1.165, 1.54) is 0 Å². The molecule has 6 heteroatoms. The van der Waals surface area contributed by atoms with Gasteiger partial charge in [0.2, 0.25) is 5.91 Å². The summed E-state index contributed by atoms with van der Waals surface area (Å²) >= 11 is 0. The highest BCUT2D eigenvalue weighted by atomic mass is 16.6. The van der Waals surface area contributed by atoms with Crippen molar-refractivity contribution in [2.45, 2.75) is 26.7 Å². The second-order valence-electron chi connectivity index (χ2n) is 6.35. The summed E-state index contributed by atoms with van der Waals surface area (Å²) in [5, 5.41) is 14.2. The molecule has 0 bridgehead atoms. The van der Waals surface area contributed by atoms with Gasteiger partial charge in [-0.15, -0.1) is 0 Å². The lowest BCUT2D eigenvalue weighted by Gasteiger charge is -2.32. The third-order valence-electron chi connectivity index (χ3n) is 4.72. The molecule has 1 aliphatic heterocycles. The van der Waals surface area contributed by atoms with Crippen LogP contribution in [0, 0.1) is 11.8 Å². The molecule has 3 rings (SSSR count). The molecule has 0 aromatic heterocycles. The Bertz CT molecular complexity index is 709. The predicted molar refractivity (Wildman–Crippen MR) is 85.7 cm³/mol. The van der Waals surface area contributed by atoms with Gasteiger partial charge in [0, 0.05) is 23.6 Å². The van der Waals surface area contributed by atoms with E-state index in [1.807, 2.05) is 13.8 Å². The molecule has 2 atom stereocenters. The lowest BCUT2D eigenvalue weighted by molar-refractivity contribution is -0.313. The molecule has 24 heavy (non-hydrogen) atoms. The van der Waals surface area contributed by atoms with Crippen LogP contribution in [-0.2, 0) is 9.59 Å². The molecule has 1 aromatic carbocycles. The molecule has 1 heterocycles. The molecule has 1 aromatic rings. The maximum absolute atomic E-state index is 12.6. The normalized spacial score (nSPS) is 22.9. The number of nitrogens with one attached hydrogen (secondary N) is 1. The van der Waals surface area contributed by atoms with Gasteiger partial charge in [-0.2, -0.15) is 0 Å². The van der Waals surface area contributed by atoms with Crippen LogP contribution in [0.15, 0.2) is 29.3 Å². The number of hydrogen-bond acceptors (Lipinski definition) is 5. The van der Waals surface area contributed by atoms with Crippen molar-refractivity contribution >= 4 is 17.6 Å². The van der Waals surface area contributed by atoms with Gasteiger partial charge in [-0.05, 0) is 38.8 Å². The number of hydrogen-bond donors (Lipinski definition) is 1. The van der Waals surface area contributed by atoms with Crippen LogP contribution in [0.3, 0.4) is 0 Å². The maximum atomic E-state index is 12.6. The smallest absolute Gasteiger partial charge is 0.228 e. The number of benzene rings is 1. The van der Waals surface area contributed by atoms with Crippen molar-refractivity contribution in [3.05, 3.63) is 29.3 Å². The number of rotatable bonds is 3. The summed E-state index contributed by atoms with van der Waals surface area (Å²) in [5.74, 6) is -1.71. The lowest BCUT2D eigenvalue weighted by atomic mass is 9.76. The molecular formula is C18H20NO5-. The van der Waals surface area contributed by atoms with Crippen LogP contribution in [0.2, 0.25) is 0 Å². The quantitative estimate of drug-likeness (QED) is 0.849. The van der Waals surface area contributed by atoms with E-state index in [9.17, 15) is 14.7 Å². The summed E-state index contributed by atoms with van der Waals surface area (Å²) in [6, 6.07) is 5.14. The average molecular weight is 330 g/mol. The fourth-order valence-electron chi connectivity index (χ4n) is 3.17. The van der Waals surface area contributed by atoms with Crippen LogP contribution in [0.5, 0.6) is 11.5 Å². The number of aliphatic carboxylic acids is 1. The van der Waals surface area contributed by atoms with Gasteiger partial charge in [-0.25, -0.2) is 0 Å². The van der Waals surface area contributed by atoms with Crippen LogP contribution in [-0.4, -0.2) is 25.1 Å². The number of carboxylic acid groups (broad SMARTS) is 1. The minimum atomic E-state index is -1.18. The topological polar surface area (TPSA) is 87.7 Å². The van der Waals surface area contributed by atoms with Crippen LogP contribution >= 0.6 is 0 Å². The molecule has 0 saturated heterocycles. The Kier molecular flexibility index (Phi) is 4.46. The summed E-state index contributed by atoms with van der Waals surface area (Å²) in [4.78, 5) is 24.0. The SMILES string of the molecule is CC1=C(C)C[C@@H](C(=O)[O-])[C@@H](C(=O)Nc2ccc3c(c2)OCCO3)C1. The van der Waals surface area contributed by atoms with E-state index in [-0.39, 0.29) is 5.91 Å². The molecular weight excluding hydrogens is 310 g/mol. The van der Waals surface area contributed by atoms with E-state index < -0.39 is 17.8 Å². The Labute approximate surface area is 140 Å². The van der Waals surface area contributed by atoms with Gasteiger partial charge < -0.3 is 24.7 Å². The molecule has 0 fully saturated rings. The van der Waals surface area contributed by atoms with Crippen LogP contribution in [0.25, 0.3) is 0 Å². The Balaban J connectivity index is 1.77. The molecule has 6 nitrogen and oxygen atoms in total. The van der Waals surface area contributed by atoms with Crippen molar-refractivity contribution < 1.29 is 24.2 Å². The van der Waals surface area contributed by atoms with E-state index >= 15 is 0 Å². The zero-order valence-electron chi connectivity index (χ0n) is 13.8. The molecule has 0 saturated carbocycles. The Hall–Kier alpha value is -2.50. The molecule has 0 radical (unpaired) electrons. The van der Waals surface area contributed by atoms with Crippen molar-refractivity contribution in [1.82, 2.24) is 0 Å². The average Bonchev–Trinajstić information content (AvgIpc) is 2.56. The highest BCUT2D eigenvalue weighted by molar-refractivity contribution is 5.95. The van der Waals surface area contributed by atoms with Gasteiger partial charge >= 0.3 is 0 Å². The van der Waals surface area contributed by atoms with Crippen LogP contribution in [0.1, 0.15) is 26.7 Å². The van der Waals surface area contributed by atoms with E-state index in [0.717, 1.165) is 11.1 Å². The molecule has 1 N–H and O–H groups in total. The molecule has 128 valence electrons. The second-order valence-corrected chi connectivity index (χ2v) is 6.35. The fourth-order valence-corrected chi connectivity index (χ4v) is 3.17. The molecule has 2 aliphatic rings. The maximum Gasteiger partial charge on any atom is 0.228 e.